The molecule has 2 fully saturated rings. The van der Waals surface area contributed by atoms with Crippen LogP contribution in [0, 0.1) is 0 Å². The largest absolute Gasteiger partial charge is 0.481 e. The van der Waals surface area contributed by atoms with Gasteiger partial charge in [0.15, 0.2) is 0 Å². The number of likely N-dealkylation sites (N-methyl/N-ethyl adjacent to an activating group) is 1. The van der Waals surface area contributed by atoms with Crippen LogP contribution in [0.5, 0.6) is 5.88 Å². The summed E-state index contributed by atoms with van der Waals surface area (Å²) in [5.74, 6) is 2.20. The molecule has 0 aromatic carbocycles. The molecule has 2 aliphatic heterocycles. The smallest absolute Gasteiger partial charge is 0.225 e. The Morgan fingerprint density at radius 1 is 1.28 bits per heavy atom. The Morgan fingerprint density at radius 2 is 2.12 bits per heavy atom. The molecule has 2 aromatic heterocycles. The van der Waals surface area contributed by atoms with Gasteiger partial charge in [0.05, 0.1) is 25.4 Å². The van der Waals surface area contributed by atoms with Crippen molar-refractivity contribution >= 4 is 11.8 Å². The number of aromatic nitrogens is 4. The zero-order chi connectivity index (χ0) is 17.3. The highest BCUT2D eigenvalue weighted by Gasteiger charge is 2.47. The van der Waals surface area contributed by atoms with Gasteiger partial charge in [-0.2, -0.15) is 0 Å². The van der Waals surface area contributed by atoms with Crippen molar-refractivity contribution in [2.75, 3.05) is 43.7 Å². The lowest BCUT2D eigenvalue weighted by Crippen LogP contribution is -2.37. The first-order chi connectivity index (χ1) is 12.2. The number of hydrogen-bond acceptors (Lipinski definition) is 8. The van der Waals surface area contributed by atoms with Gasteiger partial charge in [-0.05, 0) is 12.5 Å². The highest BCUT2D eigenvalue weighted by atomic mass is 16.5. The molecule has 0 amide bonds. The lowest BCUT2D eigenvalue weighted by molar-refractivity contribution is 0.0226. The second kappa shape index (κ2) is 6.44. The van der Waals surface area contributed by atoms with Crippen molar-refractivity contribution in [3.63, 3.8) is 0 Å². The van der Waals surface area contributed by atoms with Crippen LogP contribution in [-0.2, 0) is 4.74 Å². The molecule has 4 rings (SSSR count). The second-order valence-corrected chi connectivity index (χ2v) is 6.60. The average Bonchev–Trinajstić information content (AvgIpc) is 3.29. The van der Waals surface area contributed by atoms with Crippen molar-refractivity contribution in [1.82, 2.24) is 19.9 Å². The van der Waals surface area contributed by atoms with E-state index in [2.05, 4.69) is 29.7 Å². The molecule has 132 valence electrons. The molecule has 2 saturated heterocycles. The van der Waals surface area contributed by atoms with Gasteiger partial charge < -0.3 is 19.3 Å². The maximum atomic E-state index is 6.25. The summed E-state index contributed by atoms with van der Waals surface area (Å²) in [5.41, 5.74) is -0.133. The van der Waals surface area contributed by atoms with Gasteiger partial charge in [0.2, 0.25) is 11.8 Å². The Bertz CT molecular complexity index is 730. The minimum atomic E-state index is -0.133. The number of methoxy groups -OCH3 is 1. The van der Waals surface area contributed by atoms with Crippen LogP contribution >= 0.6 is 0 Å². The van der Waals surface area contributed by atoms with Gasteiger partial charge in [0.25, 0.3) is 0 Å². The number of rotatable bonds is 4. The van der Waals surface area contributed by atoms with Gasteiger partial charge in [-0.15, -0.1) is 0 Å². The fraction of sp³-hybridized carbons (Fsp3) is 0.529. The van der Waals surface area contributed by atoms with Crippen molar-refractivity contribution < 1.29 is 9.47 Å². The number of nitrogens with zero attached hydrogens (tertiary/aromatic N) is 6. The Morgan fingerprint density at radius 3 is 2.92 bits per heavy atom. The van der Waals surface area contributed by atoms with E-state index in [4.69, 9.17) is 9.47 Å². The summed E-state index contributed by atoms with van der Waals surface area (Å²) in [6.45, 7) is 2.43. The van der Waals surface area contributed by atoms with Crippen LogP contribution in [0.1, 0.15) is 12.8 Å². The third kappa shape index (κ3) is 3.09. The molecule has 0 bridgehead atoms. The maximum Gasteiger partial charge on any atom is 0.225 e. The standard InChI is InChI=1S/C17H22N6O2/c1-22(16-18-5-3-6-19-16)13-9-17(25-10-13)4-7-23(11-17)14-8-15(24-2)21-12-20-14/h3,5-6,8,12-13H,4,7,9-11H2,1-2H3/t13-,17+/m1/s1. The molecule has 2 aliphatic rings. The van der Waals surface area contributed by atoms with Gasteiger partial charge in [-0.3, -0.25) is 0 Å². The number of anilines is 2. The van der Waals surface area contributed by atoms with Gasteiger partial charge in [-0.1, -0.05) is 0 Å². The molecule has 0 aliphatic carbocycles. The van der Waals surface area contributed by atoms with Crippen LogP contribution in [-0.4, -0.2) is 65.4 Å². The Labute approximate surface area is 146 Å². The Hall–Kier alpha value is -2.48. The first-order valence-corrected chi connectivity index (χ1v) is 8.44. The molecule has 8 heteroatoms. The molecular weight excluding hydrogens is 320 g/mol. The van der Waals surface area contributed by atoms with Crippen LogP contribution in [0.2, 0.25) is 0 Å². The predicted octanol–water partition coefficient (Wildman–Crippen LogP) is 1.15. The number of ether oxygens (including phenoxy) is 2. The molecular formula is C17H22N6O2. The summed E-state index contributed by atoms with van der Waals surface area (Å²) in [6.07, 6.45) is 7.02. The van der Waals surface area contributed by atoms with E-state index in [9.17, 15) is 0 Å². The third-order valence-electron chi connectivity index (χ3n) is 5.08. The molecule has 8 nitrogen and oxygen atoms in total. The quantitative estimate of drug-likeness (QED) is 0.819. The van der Waals surface area contributed by atoms with E-state index in [1.165, 1.54) is 6.33 Å². The third-order valence-corrected chi connectivity index (χ3v) is 5.08. The van der Waals surface area contributed by atoms with Crippen LogP contribution in [0.25, 0.3) is 0 Å². The van der Waals surface area contributed by atoms with E-state index in [1.54, 1.807) is 19.5 Å². The second-order valence-electron chi connectivity index (χ2n) is 6.60. The van der Waals surface area contributed by atoms with E-state index < -0.39 is 0 Å². The highest BCUT2D eigenvalue weighted by Crippen LogP contribution is 2.38. The number of hydrogen-bond donors (Lipinski definition) is 0. The lowest BCUT2D eigenvalue weighted by atomic mass is 9.97. The highest BCUT2D eigenvalue weighted by molar-refractivity contribution is 5.43. The minimum absolute atomic E-state index is 0.133. The fourth-order valence-electron chi connectivity index (χ4n) is 3.64. The summed E-state index contributed by atoms with van der Waals surface area (Å²) in [7, 11) is 3.65. The van der Waals surface area contributed by atoms with Crippen molar-refractivity contribution in [2.24, 2.45) is 0 Å². The van der Waals surface area contributed by atoms with E-state index in [0.717, 1.165) is 37.7 Å². The van der Waals surface area contributed by atoms with Crippen molar-refractivity contribution in [2.45, 2.75) is 24.5 Å². The minimum Gasteiger partial charge on any atom is -0.481 e. The van der Waals surface area contributed by atoms with E-state index in [-0.39, 0.29) is 11.6 Å². The summed E-state index contributed by atoms with van der Waals surface area (Å²) >= 11 is 0. The summed E-state index contributed by atoms with van der Waals surface area (Å²) in [6, 6.07) is 3.98. The van der Waals surface area contributed by atoms with E-state index >= 15 is 0 Å². The summed E-state index contributed by atoms with van der Waals surface area (Å²) in [5, 5.41) is 0. The molecule has 0 saturated carbocycles. The van der Waals surface area contributed by atoms with Crippen molar-refractivity contribution in [1.29, 1.82) is 0 Å². The van der Waals surface area contributed by atoms with Gasteiger partial charge in [-0.25, -0.2) is 19.9 Å². The molecule has 0 N–H and O–H groups in total. The monoisotopic (exact) mass is 342 g/mol. The fourth-order valence-corrected chi connectivity index (χ4v) is 3.64. The first-order valence-electron chi connectivity index (χ1n) is 8.44. The SMILES string of the molecule is COc1cc(N2CC[C@]3(C[C@@H](N(C)c4ncccn4)CO3)C2)ncn1. The summed E-state index contributed by atoms with van der Waals surface area (Å²) < 4.78 is 11.5. The molecule has 0 radical (unpaired) electrons. The first kappa shape index (κ1) is 16.0. The molecule has 2 aromatic rings. The zero-order valence-corrected chi connectivity index (χ0v) is 14.5. The topological polar surface area (TPSA) is 76.5 Å². The van der Waals surface area contributed by atoms with Crippen molar-refractivity contribution in [3.05, 3.63) is 30.9 Å². The molecule has 0 unspecified atom stereocenters. The normalized spacial score (nSPS) is 25.5. The summed E-state index contributed by atoms with van der Waals surface area (Å²) in [4.78, 5) is 21.5. The van der Waals surface area contributed by atoms with Gasteiger partial charge in [0.1, 0.15) is 12.1 Å². The van der Waals surface area contributed by atoms with Crippen LogP contribution in [0.4, 0.5) is 11.8 Å². The molecule has 2 atom stereocenters. The van der Waals surface area contributed by atoms with Crippen LogP contribution < -0.4 is 14.5 Å². The molecule has 4 heterocycles. The van der Waals surface area contributed by atoms with E-state index in [0.29, 0.717) is 12.5 Å². The zero-order valence-electron chi connectivity index (χ0n) is 14.5. The van der Waals surface area contributed by atoms with Gasteiger partial charge >= 0.3 is 0 Å². The Balaban J connectivity index is 1.44. The maximum absolute atomic E-state index is 6.25. The predicted molar refractivity (Wildman–Crippen MR) is 92.9 cm³/mol. The van der Waals surface area contributed by atoms with Gasteiger partial charge in [0, 0.05) is 45.0 Å². The average molecular weight is 342 g/mol. The molecule has 1 spiro atoms. The van der Waals surface area contributed by atoms with Crippen LogP contribution in [0.3, 0.4) is 0 Å². The van der Waals surface area contributed by atoms with Crippen LogP contribution in [0.15, 0.2) is 30.9 Å². The lowest BCUT2D eigenvalue weighted by Gasteiger charge is -2.26. The van der Waals surface area contributed by atoms with Crippen molar-refractivity contribution in [3.8, 4) is 5.88 Å². The Kier molecular flexibility index (Phi) is 4.12. The van der Waals surface area contributed by atoms with E-state index in [1.807, 2.05) is 19.2 Å². The molecule has 25 heavy (non-hydrogen) atoms.